The predicted molar refractivity (Wildman–Crippen MR) is 73.3 cm³/mol. The molecule has 96 valence electrons. The maximum Gasteiger partial charge on any atom is 0.152 e. The van der Waals surface area contributed by atoms with E-state index >= 15 is 0 Å². The summed E-state index contributed by atoms with van der Waals surface area (Å²) in [5, 5.41) is 3.26. The number of sulfone groups is 1. The molecule has 0 aliphatic heterocycles. The molecule has 1 aromatic carbocycles. The average molecular weight is 255 g/mol. The molecule has 0 amide bonds. The molecule has 3 nitrogen and oxygen atoms in total. The first kappa shape index (κ1) is 14.0. The van der Waals surface area contributed by atoms with Crippen LogP contribution in [0.25, 0.3) is 0 Å². The van der Waals surface area contributed by atoms with E-state index in [4.69, 9.17) is 0 Å². The molecule has 0 spiro atoms. The lowest BCUT2D eigenvalue weighted by molar-refractivity contribution is 0.593. The zero-order chi connectivity index (χ0) is 13.1. The van der Waals surface area contributed by atoms with E-state index in [-0.39, 0.29) is 17.5 Å². The number of aryl methyl sites for hydroxylation is 1. The summed E-state index contributed by atoms with van der Waals surface area (Å²) in [6.45, 7) is 7.67. The van der Waals surface area contributed by atoms with Crippen molar-refractivity contribution in [3.05, 3.63) is 29.3 Å². The zero-order valence-electron chi connectivity index (χ0n) is 10.9. The molecule has 0 aliphatic rings. The van der Waals surface area contributed by atoms with Gasteiger partial charge in [0.2, 0.25) is 0 Å². The first-order valence-electron chi connectivity index (χ1n) is 5.89. The maximum absolute atomic E-state index is 11.5. The molecule has 0 radical (unpaired) electrons. The van der Waals surface area contributed by atoms with E-state index in [9.17, 15) is 8.42 Å². The van der Waals surface area contributed by atoms with Crippen molar-refractivity contribution in [2.75, 3.05) is 16.8 Å². The van der Waals surface area contributed by atoms with Crippen molar-refractivity contribution in [3.63, 3.8) is 0 Å². The van der Waals surface area contributed by atoms with Crippen LogP contribution in [0.1, 0.15) is 25.0 Å². The number of rotatable bonds is 5. The van der Waals surface area contributed by atoms with Crippen LogP contribution in [0.4, 0.5) is 5.69 Å². The fraction of sp³-hybridized carbons (Fsp3) is 0.538. The van der Waals surface area contributed by atoms with Gasteiger partial charge >= 0.3 is 0 Å². The molecule has 0 aromatic heterocycles. The molecule has 0 saturated carbocycles. The lowest BCUT2D eigenvalue weighted by Crippen LogP contribution is -2.27. The quantitative estimate of drug-likeness (QED) is 0.879. The van der Waals surface area contributed by atoms with Gasteiger partial charge in [-0.25, -0.2) is 8.42 Å². The normalized spacial score (nSPS) is 13.4. The lowest BCUT2D eigenvalue weighted by Gasteiger charge is -2.17. The van der Waals surface area contributed by atoms with Gasteiger partial charge in [-0.3, -0.25) is 0 Å². The average Bonchev–Trinajstić information content (AvgIpc) is 2.24. The van der Waals surface area contributed by atoms with Crippen molar-refractivity contribution in [2.24, 2.45) is 0 Å². The summed E-state index contributed by atoms with van der Waals surface area (Å²) >= 11 is 0. The highest BCUT2D eigenvalue weighted by atomic mass is 32.2. The van der Waals surface area contributed by atoms with Gasteiger partial charge in [0.15, 0.2) is 9.84 Å². The molecule has 4 heteroatoms. The Hall–Kier alpha value is -1.03. The number of benzene rings is 1. The second-order valence-corrected chi connectivity index (χ2v) is 6.89. The number of nitrogens with one attached hydrogen (secondary N) is 1. The van der Waals surface area contributed by atoms with Crippen molar-refractivity contribution in [1.29, 1.82) is 0 Å². The standard InChI is InChI=1S/C13H21NO2S/c1-5-17(15,16)9-11(3)14-13-8-6-7-10(2)12(13)4/h6-8,11,14H,5,9H2,1-4H3. The molecule has 1 unspecified atom stereocenters. The van der Waals surface area contributed by atoms with E-state index in [0.29, 0.717) is 0 Å². The molecule has 1 atom stereocenters. The second-order valence-electron chi connectivity index (χ2n) is 4.49. The summed E-state index contributed by atoms with van der Waals surface area (Å²) < 4.78 is 23.0. The lowest BCUT2D eigenvalue weighted by atomic mass is 10.1. The van der Waals surface area contributed by atoms with Gasteiger partial charge in [0.05, 0.1) is 5.75 Å². The Kier molecular flexibility index (Phi) is 4.57. The topological polar surface area (TPSA) is 46.2 Å². The van der Waals surface area contributed by atoms with Crippen LogP contribution in [-0.2, 0) is 9.84 Å². The van der Waals surface area contributed by atoms with Crippen LogP contribution in [0.3, 0.4) is 0 Å². The van der Waals surface area contributed by atoms with E-state index < -0.39 is 9.84 Å². The monoisotopic (exact) mass is 255 g/mol. The fourth-order valence-electron chi connectivity index (χ4n) is 1.71. The summed E-state index contributed by atoms with van der Waals surface area (Å²) in [6, 6.07) is 5.94. The molecule has 17 heavy (non-hydrogen) atoms. The first-order valence-corrected chi connectivity index (χ1v) is 7.71. The zero-order valence-corrected chi connectivity index (χ0v) is 11.8. The van der Waals surface area contributed by atoms with Crippen LogP contribution in [0.15, 0.2) is 18.2 Å². The molecule has 1 N–H and O–H groups in total. The molecular formula is C13H21NO2S. The molecule has 0 saturated heterocycles. The SMILES string of the molecule is CCS(=O)(=O)CC(C)Nc1cccc(C)c1C. The van der Waals surface area contributed by atoms with Crippen LogP contribution < -0.4 is 5.32 Å². The maximum atomic E-state index is 11.5. The van der Waals surface area contributed by atoms with Crippen LogP contribution in [0, 0.1) is 13.8 Å². The van der Waals surface area contributed by atoms with Gasteiger partial charge in [-0.15, -0.1) is 0 Å². The van der Waals surface area contributed by atoms with E-state index in [2.05, 4.69) is 5.32 Å². The summed E-state index contributed by atoms with van der Waals surface area (Å²) in [7, 11) is -2.92. The predicted octanol–water partition coefficient (Wildman–Crippen LogP) is 2.54. The van der Waals surface area contributed by atoms with E-state index in [1.54, 1.807) is 6.92 Å². The Labute approximate surface area is 104 Å². The number of anilines is 1. The Morgan fingerprint density at radius 1 is 1.29 bits per heavy atom. The van der Waals surface area contributed by atoms with Gasteiger partial charge in [-0.1, -0.05) is 19.1 Å². The van der Waals surface area contributed by atoms with Crippen LogP contribution in [0.2, 0.25) is 0 Å². The minimum absolute atomic E-state index is 0.0690. The Bertz CT molecular complexity index is 480. The van der Waals surface area contributed by atoms with Gasteiger partial charge in [0.25, 0.3) is 0 Å². The van der Waals surface area contributed by atoms with Crippen molar-refractivity contribution >= 4 is 15.5 Å². The minimum Gasteiger partial charge on any atom is -0.381 e. The largest absolute Gasteiger partial charge is 0.381 e. The second kappa shape index (κ2) is 5.54. The number of hydrogen-bond acceptors (Lipinski definition) is 3. The highest BCUT2D eigenvalue weighted by Gasteiger charge is 2.14. The van der Waals surface area contributed by atoms with E-state index in [1.165, 1.54) is 11.1 Å². The Morgan fingerprint density at radius 2 is 1.94 bits per heavy atom. The van der Waals surface area contributed by atoms with Gasteiger partial charge in [-0.05, 0) is 38.0 Å². The number of hydrogen-bond donors (Lipinski definition) is 1. The van der Waals surface area contributed by atoms with Crippen molar-refractivity contribution in [3.8, 4) is 0 Å². The third-order valence-corrected chi connectivity index (χ3v) is 4.84. The summed E-state index contributed by atoms with van der Waals surface area (Å²) in [5.41, 5.74) is 3.40. The highest BCUT2D eigenvalue weighted by Crippen LogP contribution is 2.19. The summed E-state index contributed by atoms with van der Waals surface area (Å²) in [6.07, 6.45) is 0. The van der Waals surface area contributed by atoms with Crippen LogP contribution in [-0.4, -0.2) is 26.0 Å². The van der Waals surface area contributed by atoms with Crippen LogP contribution in [0.5, 0.6) is 0 Å². The molecule has 1 aromatic rings. The first-order chi connectivity index (χ1) is 7.85. The van der Waals surface area contributed by atoms with Gasteiger partial charge in [0.1, 0.15) is 0 Å². The molecule has 0 fully saturated rings. The summed E-state index contributed by atoms with van der Waals surface area (Å²) in [5.74, 6) is 0.378. The van der Waals surface area contributed by atoms with E-state index in [1.807, 2.05) is 39.0 Å². The van der Waals surface area contributed by atoms with Gasteiger partial charge in [0, 0.05) is 17.5 Å². The fourth-order valence-corrected chi connectivity index (χ4v) is 2.79. The molecule has 1 rings (SSSR count). The third kappa shape index (κ3) is 4.04. The Balaban J connectivity index is 2.75. The van der Waals surface area contributed by atoms with Gasteiger partial charge in [-0.2, -0.15) is 0 Å². The molecule has 0 bridgehead atoms. The highest BCUT2D eigenvalue weighted by molar-refractivity contribution is 7.91. The summed E-state index contributed by atoms with van der Waals surface area (Å²) in [4.78, 5) is 0. The van der Waals surface area contributed by atoms with Crippen molar-refractivity contribution in [1.82, 2.24) is 0 Å². The molecule has 0 aliphatic carbocycles. The Morgan fingerprint density at radius 3 is 2.53 bits per heavy atom. The van der Waals surface area contributed by atoms with Crippen molar-refractivity contribution in [2.45, 2.75) is 33.7 Å². The smallest absolute Gasteiger partial charge is 0.152 e. The van der Waals surface area contributed by atoms with E-state index in [0.717, 1.165) is 5.69 Å². The van der Waals surface area contributed by atoms with Crippen molar-refractivity contribution < 1.29 is 8.42 Å². The third-order valence-electron chi connectivity index (χ3n) is 2.95. The van der Waals surface area contributed by atoms with Crippen LogP contribution >= 0.6 is 0 Å². The molecular weight excluding hydrogens is 234 g/mol. The van der Waals surface area contributed by atoms with Gasteiger partial charge < -0.3 is 5.32 Å². The minimum atomic E-state index is -2.92. The molecule has 0 heterocycles.